The molecule has 2 aromatic heterocycles. The average Bonchev–Trinajstić information content (AvgIpc) is 3.21. The largest absolute Gasteiger partial charge is 0.418 e. The molecule has 10 heteroatoms. The van der Waals surface area contributed by atoms with Gasteiger partial charge in [0.15, 0.2) is 5.13 Å². The van der Waals surface area contributed by atoms with Gasteiger partial charge < -0.3 is 5.32 Å². The minimum atomic E-state index is -4.62. The molecule has 0 atom stereocenters. The van der Waals surface area contributed by atoms with Crippen LogP contribution in [0.15, 0.2) is 16.6 Å². The Hall–Kier alpha value is -2.12. The van der Waals surface area contributed by atoms with E-state index < -0.39 is 23.2 Å². The van der Waals surface area contributed by atoms with Crippen LogP contribution in [0.5, 0.6) is 0 Å². The molecule has 0 radical (unpaired) electrons. The summed E-state index contributed by atoms with van der Waals surface area (Å²) in [5.74, 6) is -0.572. The van der Waals surface area contributed by atoms with E-state index in [1.165, 1.54) is 17.5 Å². The summed E-state index contributed by atoms with van der Waals surface area (Å²) in [5, 5.41) is 13.8. The summed E-state index contributed by atoms with van der Waals surface area (Å²) >= 11 is 2.06. The maximum absolute atomic E-state index is 13.4. The summed E-state index contributed by atoms with van der Waals surface area (Å²) in [7, 11) is 0. The number of carbonyl (C=O) groups is 1. The molecule has 1 amide bonds. The van der Waals surface area contributed by atoms with Crippen LogP contribution in [-0.4, -0.2) is 21.6 Å². The molecule has 5 nitrogen and oxygen atoms in total. The van der Waals surface area contributed by atoms with Crippen LogP contribution in [-0.2, 0) is 23.8 Å². The number of rotatable bonds is 4. The molecule has 0 aliphatic heterocycles. The number of pyridine rings is 1. The van der Waals surface area contributed by atoms with Crippen LogP contribution in [0.1, 0.15) is 28.8 Å². The van der Waals surface area contributed by atoms with Crippen LogP contribution in [0.2, 0.25) is 0 Å². The van der Waals surface area contributed by atoms with E-state index in [4.69, 9.17) is 0 Å². The molecule has 0 bridgehead atoms. The van der Waals surface area contributed by atoms with E-state index in [0.29, 0.717) is 23.7 Å². The Morgan fingerprint density at radius 3 is 2.88 bits per heavy atom. The molecule has 3 rings (SSSR count). The number of halogens is 3. The predicted octanol–water partition coefficient (Wildman–Crippen LogP) is 3.65. The topological polar surface area (TPSA) is 78.7 Å². The summed E-state index contributed by atoms with van der Waals surface area (Å²) in [6.07, 6.45) is -1.81. The number of carbonyl (C=O) groups excluding carboxylic acids is 1. The molecular formula is C15H11F3N4OS2. The van der Waals surface area contributed by atoms with E-state index >= 15 is 0 Å². The zero-order chi connectivity index (χ0) is 18.0. The Morgan fingerprint density at radius 2 is 2.24 bits per heavy atom. The van der Waals surface area contributed by atoms with Crippen molar-refractivity contribution >= 4 is 34.1 Å². The number of amides is 1. The molecule has 0 saturated heterocycles. The third-order valence-electron chi connectivity index (χ3n) is 3.60. The van der Waals surface area contributed by atoms with Crippen LogP contribution in [0.3, 0.4) is 0 Å². The maximum atomic E-state index is 13.4. The van der Waals surface area contributed by atoms with Crippen molar-refractivity contribution in [3.63, 3.8) is 0 Å². The zero-order valence-corrected chi connectivity index (χ0v) is 14.3. The number of thioether (sulfide) groups is 1. The number of hydrogen-bond donors (Lipinski definition) is 1. The summed E-state index contributed by atoms with van der Waals surface area (Å²) in [5.41, 5.74) is -0.921. The first-order valence-electron chi connectivity index (χ1n) is 7.25. The number of nitrogens with zero attached hydrogens (tertiary/aromatic N) is 3. The monoisotopic (exact) mass is 384 g/mol. The Bertz CT molecular complexity index is 844. The average molecular weight is 384 g/mol. The molecule has 0 saturated carbocycles. The van der Waals surface area contributed by atoms with E-state index in [2.05, 4.69) is 15.3 Å². The van der Waals surface area contributed by atoms with Gasteiger partial charge in [-0.1, -0.05) is 11.8 Å². The highest BCUT2D eigenvalue weighted by molar-refractivity contribution is 8.00. The van der Waals surface area contributed by atoms with Crippen LogP contribution < -0.4 is 5.32 Å². The third kappa shape index (κ3) is 3.77. The van der Waals surface area contributed by atoms with Gasteiger partial charge in [0.2, 0.25) is 5.91 Å². The Labute approximate surface area is 149 Å². The molecule has 130 valence electrons. The normalized spacial score (nSPS) is 13.4. The number of fused-ring (bicyclic) bond motifs is 1. The van der Waals surface area contributed by atoms with Crippen LogP contribution in [0.4, 0.5) is 18.3 Å². The summed E-state index contributed by atoms with van der Waals surface area (Å²) < 4.78 is 40.3. The van der Waals surface area contributed by atoms with Crippen molar-refractivity contribution in [3.8, 4) is 6.07 Å². The van der Waals surface area contributed by atoms with E-state index in [1.54, 1.807) is 11.4 Å². The molecule has 25 heavy (non-hydrogen) atoms. The first-order chi connectivity index (χ1) is 11.9. The number of aromatic nitrogens is 2. The number of thiazole rings is 1. The minimum absolute atomic E-state index is 0.0511. The molecule has 1 aliphatic carbocycles. The van der Waals surface area contributed by atoms with Gasteiger partial charge in [-0.25, -0.2) is 9.97 Å². The third-order valence-corrected chi connectivity index (χ3v) is 5.27. The first-order valence-corrected chi connectivity index (χ1v) is 9.12. The van der Waals surface area contributed by atoms with Gasteiger partial charge in [-0.15, -0.1) is 11.3 Å². The van der Waals surface area contributed by atoms with Crippen molar-refractivity contribution in [1.29, 1.82) is 5.26 Å². The van der Waals surface area contributed by atoms with Crippen molar-refractivity contribution in [2.24, 2.45) is 0 Å². The van der Waals surface area contributed by atoms with Crippen molar-refractivity contribution in [2.45, 2.75) is 30.5 Å². The number of anilines is 1. The van der Waals surface area contributed by atoms with Crippen molar-refractivity contribution in [1.82, 2.24) is 9.97 Å². The number of aryl methyl sites for hydroxylation is 1. The van der Waals surface area contributed by atoms with Gasteiger partial charge in [0.1, 0.15) is 11.1 Å². The second kappa shape index (κ2) is 7.01. The fourth-order valence-corrected chi connectivity index (χ4v) is 4.00. The molecule has 0 fully saturated rings. The number of nitrogens with one attached hydrogen (secondary N) is 1. The Kier molecular flexibility index (Phi) is 4.96. The van der Waals surface area contributed by atoms with E-state index in [0.717, 1.165) is 11.8 Å². The molecular weight excluding hydrogens is 373 g/mol. The van der Waals surface area contributed by atoms with E-state index in [9.17, 15) is 23.2 Å². The lowest BCUT2D eigenvalue weighted by Crippen LogP contribution is -2.16. The highest BCUT2D eigenvalue weighted by Gasteiger charge is 2.40. The number of nitriles is 1. The first kappa shape index (κ1) is 17.7. The van der Waals surface area contributed by atoms with Crippen molar-refractivity contribution in [3.05, 3.63) is 34.0 Å². The molecule has 1 aliphatic rings. The maximum Gasteiger partial charge on any atom is 0.418 e. The van der Waals surface area contributed by atoms with Gasteiger partial charge >= 0.3 is 6.18 Å². The van der Waals surface area contributed by atoms with Gasteiger partial charge in [-0.3, -0.25) is 4.79 Å². The fraction of sp³-hybridized carbons (Fsp3) is 0.333. The number of alkyl halides is 3. The van der Waals surface area contributed by atoms with Crippen LogP contribution >= 0.6 is 23.1 Å². The summed E-state index contributed by atoms with van der Waals surface area (Å²) in [6.45, 7) is 0. The van der Waals surface area contributed by atoms with Gasteiger partial charge in [-0.2, -0.15) is 18.4 Å². The SMILES string of the molecule is N#Cc1c(SCC(=O)Nc2nccs2)nc2c(c1C(F)(F)F)CCC2. The van der Waals surface area contributed by atoms with E-state index in [-0.39, 0.29) is 22.8 Å². The smallest absolute Gasteiger partial charge is 0.301 e. The zero-order valence-electron chi connectivity index (χ0n) is 12.7. The predicted molar refractivity (Wildman–Crippen MR) is 87.4 cm³/mol. The van der Waals surface area contributed by atoms with Gasteiger partial charge in [0, 0.05) is 17.3 Å². The molecule has 0 aromatic carbocycles. The van der Waals surface area contributed by atoms with Gasteiger partial charge in [-0.05, 0) is 24.8 Å². The van der Waals surface area contributed by atoms with Gasteiger partial charge in [0.25, 0.3) is 0 Å². The van der Waals surface area contributed by atoms with Crippen LogP contribution in [0, 0.1) is 11.3 Å². The molecule has 2 aromatic rings. The Balaban J connectivity index is 1.86. The lowest BCUT2D eigenvalue weighted by molar-refractivity contribution is -0.138. The second-order valence-corrected chi connectivity index (χ2v) is 7.09. The molecule has 1 N–H and O–H groups in total. The van der Waals surface area contributed by atoms with E-state index in [1.807, 2.05) is 0 Å². The summed E-state index contributed by atoms with van der Waals surface area (Å²) in [4.78, 5) is 20.0. The van der Waals surface area contributed by atoms with Crippen LogP contribution in [0.25, 0.3) is 0 Å². The number of hydrogen-bond acceptors (Lipinski definition) is 6. The standard InChI is InChI=1S/C15H11F3N4OS2/c16-15(17,18)12-8-2-1-3-10(8)21-13(9(12)6-19)25-7-11(23)22-14-20-4-5-24-14/h4-5H,1-3,7H2,(H,20,22,23). The summed E-state index contributed by atoms with van der Waals surface area (Å²) in [6, 6.07) is 1.62. The molecule has 0 unspecified atom stereocenters. The fourth-order valence-electron chi connectivity index (χ4n) is 2.65. The highest BCUT2D eigenvalue weighted by atomic mass is 32.2. The van der Waals surface area contributed by atoms with Crippen molar-refractivity contribution in [2.75, 3.05) is 11.1 Å². The molecule has 0 spiro atoms. The quantitative estimate of drug-likeness (QED) is 0.814. The van der Waals surface area contributed by atoms with Gasteiger partial charge in [0.05, 0.1) is 16.9 Å². The van der Waals surface area contributed by atoms with Crippen molar-refractivity contribution < 1.29 is 18.0 Å². The molecule has 2 heterocycles. The second-order valence-electron chi connectivity index (χ2n) is 5.23. The minimum Gasteiger partial charge on any atom is -0.301 e. The highest BCUT2D eigenvalue weighted by Crippen LogP contribution is 2.41. The lowest BCUT2D eigenvalue weighted by atomic mass is 10.0. The lowest BCUT2D eigenvalue weighted by Gasteiger charge is -2.16. The Morgan fingerprint density at radius 1 is 1.44 bits per heavy atom.